The van der Waals surface area contributed by atoms with E-state index in [0.29, 0.717) is 0 Å². The van der Waals surface area contributed by atoms with Gasteiger partial charge in [-0.05, 0) is 39.4 Å². The molecule has 11 heavy (non-hydrogen) atoms. The predicted octanol–water partition coefficient (Wildman–Crippen LogP) is 0.456. The predicted molar refractivity (Wildman–Crippen MR) is 46.3 cm³/mol. The van der Waals surface area contributed by atoms with Crippen molar-refractivity contribution in [3.63, 3.8) is 0 Å². The Balaban J connectivity index is 1.86. The van der Waals surface area contributed by atoms with Gasteiger partial charge in [-0.1, -0.05) is 0 Å². The quantitative estimate of drug-likeness (QED) is 0.540. The highest BCUT2D eigenvalue weighted by atomic mass is 15.2. The summed E-state index contributed by atoms with van der Waals surface area (Å²) in [4.78, 5) is 4.88. The summed E-state index contributed by atoms with van der Waals surface area (Å²) in [6.45, 7) is 3.79. The Labute approximate surface area is 69.2 Å². The lowest BCUT2D eigenvalue weighted by atomic mass is 9.89. The van der Waals surface area contributed by atoms with Crippen molar-refractivity contribution in [2.75, 3.05) is 33.7 Å². The zero-order valence-electron chi connectivity index (χ0n) is 7.45. The molecule has 2 rings (SSSR count). The fourth-order valence-electron chi connectivity index (χ4n) is 2.24. The second-order valence-electron chi connectivity index (χ2n) is 3.98. The second-order valence-corrected chi connectivity index (χ2v) is 3.98. The highest BCUT2D eigenvalue weighted by Gasteiger charge is 2.35. The lowest BCUT2D eigenvalue weighted by Crippen LogP contribution is -2.50. The van der Waals surface area contributed by atoms with Crippen LogP contribution in [0.5, 0.6) is 0 Å². The molecule has 2 saturated heterocycles. The number of hydrogen-bond acceptors (Lipinski definition) is 2. The van der Waals surface area contributed by atoms with E-state index < -0.39 is 0 Å². The van der Waals surface area contributed by atoms with Crippen LogP contribution in [0.15, 0.2) is 0 Å². The molecule has 2 fully saturated rings. The molecule has 1 radical (unpaired) electrons. The van der Waals surface area contributed by atoms with Gasteiger partial charge in [0.25, 0.3) is 0 Å². The zero-order chi connectivity index (χ0) is 7.84. The number of likely N-dealkylation sites (tertiary alicyclic amines) is 2. The number of rotatable bonds is 1. The van der Waals surface area contributed by atoms with Crippen molar-refractivity contribution in [3.05, 3.63) is 6.42 Å². The van der Waals surface area contributed by atoms with E-state index in [2.05, 4.69) is 30.3 Å². The van der Waals surface area contributed by atoms with Gasteiger partial charge in [-0.3, -0.25) is 0 Å². The fraction of sp³-hybridized carbons (Fsp3) is 0.889. The van der Waals surface area contributed by atoms with Gasteiger partial charge >= 0.3 is 0 Å². The molecular weight excluding hydrogens is 136 g/mol. The first-order valence-corrected chi connectivity index (χ1v) is 4.49. The molecule has 0 amide bonds. The van der Waals surface area contributed by atoms with Gasteiger partial charge in [-0.2, -0.15) is 0 Å². The highest BCUT2D eigenvalue weighted by Crippen LogP contribution is 2.28. The summed E-state index contributed by atoms with van der Waals surface area (Å²) in [5.41, 5.74) is 0. The van der Waals surface area contributed by atoms with E-state index in [0.717, 1.165) is 12.0 Å². The van der Waals surface area contributed by atoms with Crippen molar-refractivity contribution >= 4 is 0 Å². The van der Waals surface area contributed by atoms with Crippen LogP contribution in [0.4, 0.5) is 0 Å². The molecule has 2 aliphatic heterocycles. The average Bonchev–Trinajstić information content (AvgIpc) is 2.33. The van der Waals surface area contributed by atoms with E-state index in [9.17, 15) is 0 Å². The normalized spacial score (nSPS) is 40.9. The van der Waals surface area contributed by atoms with E-state index in [1.165, 1.54) is 26.1 Å². The summed E-state index contributed by atoms with van der Waals surface area (Å²) in [5, 5.41) is 0. The highest BCUT2D eigenvalue weighted by molar-refractivity contribution is 5.02. The van der Waals surface area contributed by atoms with E-state index in [1.807, 2.05) is 0 Å². The molecular formula is C9H17N2. The molecule has 0 bridgehead atoms. The molecule has 0 N–H and O–H groups in total. The Bertz CT molecular complexity index is 146. The first-order chi connectivity index (χ1) is 5.27. The standard InChI is InChI=1S/C9H17N2/c1-10-5-3-8(7-10)9-4-6-11(9)2/h4,8-9H,3,5-7H2,1-2H3. The Kier molecular flexibility index (Phi) is 1.90. The van der Waals surface area contributed by atoms with Crippen molar-refractivity contribution in [1.82, 2.24) is 9.80 Å². The van der Waals surface area contributed by atoms with Crippen LogP contribution < -0.4 is 0 Å². The van der Waals surface area contributed by atoms with Crippen LogP contribution in [0.25, 0.3) is 0 Å². The van der Waals surface area contributed by atoms with Gasteiger partial charge in [0, 0.05) is 19.1 Å². The third-order valence-electron chi connectivity index (χ3n) is 3.05. The summed E-state index contributed by atoms with van der Waals surface area (Å²) in [5.74, 6) is 0.916. The van der Waals surface area contributed by atoms with E-state index in [4.69, 9.17) is 0 Å². The summed E-state index contributed by atoms with van der Waals surface area (Å²) >= 11 is 0. The van der Waals surface area contributed by atoms with Crippen LogP contribution in [0.2, 0.25) is 0 Å². The fourth-order valence-corrected chi connectivity index (χ4v) is 2.24. The molecule has 2 heteroatoms. The molecule has 0 aromatic carbocycles. The zero-order valence-corrected chi connectivity index (χ0v) is 7.45. The topological polar surface area (TPSA) is 6.48 Å². The van der Waals surface area contributed by atoms with Gasteiger partial charge in [-0.25, -0.2) is 0 Å². The van der Waals surface area contributed by atoms with E-state index in [-0.39, 0.29) is 0 Å². The second kappa shape index (κ2) is 2.76. The van der Waals surface area contributed by atoms with Gasteiger partial charge < -0.3 is 9.80 Å². The van der Waals surface area contributed by atoms with Crippen LogP contribution >= 0.6 is 0 Å². The van der Waals surface area contributed by atoms with E-state index in [1.54, 1.807) is 0 Å². The van der Waals surface area contributed by atoms with Gasteiger partial charge in [-0.15, -0.1) is 0 Å². The third-order valence-corrected chi connectivity index (χ3v) is 3.05. The number of hydrogen-bond donors (Lipinski definition) is 0. The molecule has 0 aromatic rings. The molecule has 0 saturated carbocycles. The van der Waals surface area contributed by atoms with Gasteiger partial charge in [0.05, 0.1) is 0 Å². The maximum absolute atomic E-state index is 2.45. The molecule has 63 valence electrons. The van der Waals surface area contributed by atoms with Crippen molar-refractivity contribution in [3.8, 4) is 0 Å². The lowest BCUT2D eigenvalue weighted by molar-refractivity contribution is 0.140. The lowest BCUT2D eigenvalue weighted by Gasteiger charge is -2.41. The third kappa shape index (κ3) is 1.30. The van der Waals surface area contributed by atoms with Gasteiger partial charge in [0.1, 0.15) is 0 Å². The Hall–Kier alpha value is -0.0800. The minimum Gasteiger partial charge on any atom is -0.306 e. The smallest absolute Gasteiger partial charge is 0.0177 e. The largest absolute Gasteiger partial charge is 0.306 e. The van der Waals surface area contributed by atoms with Crippen molar-refractivity contribution < 1.29 is 0 Å². The van der Waals surface area contributed by atoms with Crippen molar-refractivity contribution in [2.45, 2.75) is 12.5 Å². The van der Waals surface area contributed by atoms with Crippen molar-refractivity contribution in [1.29, 1.82) is 0 Å². The van der Waals surface area contributed by atoms with Crippen LogP contribution in [0, 0.1) is 12.3 Å². The molecule has 2 aliphatic rings. The van der Waals surface area contributed by atoms with Gasteiger partial charge in [0.2, 0.25) is 0 Å². The monoisotopic (exact) mass is 153 g/mol. The minimum atomic E-state index is 0.792. The van der Waals surface area contributed by atoms with Crippen LogP contribution in [0.3, 0.4) is 0 Å². The minimum absolute atomic E-state index is 0.792. The van der Waals surface area contributed by atoms with E-state index >= 15 is 0 Å². The number of nitrogens with zero attached hydrogens (tertiary/aromatic N) is 2. The first kappa shape index (κ1) is 7.56. The molecule has 2 heterocycles. The molecule has 2 unspecified atom stereocenters. The molecule has 0 aromatic heterocycles. The maximum atomic E-state index is 2.45. The summed E-state index contributed by atoms with van der Waals surface area (Å²) in [6, 6.07) is 0.792. The van der Waals surface area contributed by atoms with Crippen molar-refractivity contribution in [2.24, 2.45) is 5.92 Å². The summed E-state index contributed by atoms with van der Waals surface area (Å²) in [7, 11) is 4.45. The van der Waals surface area contributed by atoms with Crippen LogP contribution in [0.1, 0.15) is 6.42 Å². The molecule has 2 nitrogen and oxygen atoms in total. The SMILES string of the molecule is CN1CCC(C2[CH]CN2C)C1. The molecule has 0 aliphatic carbocycles. The molecule has 0 spiro atoms. The Morgan fingerprint density at radius 1 is 1.36 bits per heavy atom. The first-order valence-electron chi connectivity index (χ1n) is 4.49. The average molecular weight is 153 g/mol. The van der Waals surface area contributed by atoms with Crippen LogP contribution in [-0.4, -0.2) is 49.6 Å². The Morgan fingerprint density at radius 2 is 2.18 bits per heavy atom. The molecule has 2 atom stereocenters. The Morgan fingerprint density at radius 3 is 2.55 bits per heavy atom. The van der Waals surface area contributed by atoms with Crippen LogP contribution in [-0.2, 0) is 0 Å². The summed E-state index contributed by atoms with van der Waals surface area (Å²) in [6.07, 6.45) is 3.84. The summed E-state index contributed by atoms with van der Waals surface area (Å²) < 4.78 is 0. The van der Waals surface area contributed by atoms with Gasteiger partial charge in [0.15, 0.2) is 0 Å². The maximum Gasteiger partial charge on any atom is 0.0177 e.